The van der Waals surface area contributed by atoms with Gasteiger partial charge in [0.25, 0.3) is 0 Å². The van der Waals surface area contributed by atoms with Gasteiger partial charge in [0.2, 0.25) is 0 Å². The third-order valence-electron chi connectivity index (χ3n) is 1.63. The summed E-state index contributed by atoms with van der Waals surface area (Å²) >= 11 is 0. The molecular formula is C12H16O. The molecule has 0 spiro atoms. The van der Waals surface area contributed by atoms with Gasteiger partial charge in [-0.25, -0.2) is 0 Å². The van der Waals surface area contributed by atoms with Crippen molar-refractivity contribution in [3.8, 4) is 5.75 Å². The molecule has 0 heterocycles. The molecule has 0 amide bonds. The van der Waals surface area contributed by atoms with Crippen LogP contribution in [0.2, 0.25) is 0 Å². The van der Waals surface area contributed by atoms with Gasteiger partial charge >= 0.3 is 0 Å². The van der Waals surface area contributed by atoms with Crippen LogP contribution in [-0.2, 0) is 0 Å². The highest BCUT2D eigenvalue weighted by Crippen LogP contribution is 2.20. The van der Waals surface area contributed by atoms with Crippen molar-refractivity contribution >= 4 is 6.08 Å². The molecule has 1 nitrogen and oxygen atoms in total. The number of hydrogen-bond donors (Lipinski definition) is 0. The van der Waals surface area contributed by atoms with E-state index in [0.29, 0.717) is 0 Å². The van der Waals surface area contributed by atoms with E-state index in [1.54, 1.807) is 0 Å². The lowest BCUT2D eigenvalue weighted by Crippen LogP contribution is -2.06. The Balaban J connectivity index is 2.90. The smallest absolute Gasteiger partial charge is 0.126 e. The zero-order valence-corrected chi connectivity index (χ0v) is 8.45. The largest absolute Gasteiger partial charge is 0.490 e. The first kappa shape index (κ1) is 9.85. The predicted molar refractivity (Wildman–Crippen MR) is 56.9 cm³/mol. The molecule has 0 saturated heterocycles. The van der Waals surface area contributed by atoms with Crippen LogP contribution in [0.3, 0.4) is 0 Å². The number of benzene rings is 1. The Hall–Kier alpha value is -1.24. The van der Waals surface area contributed by atoms with Crippen LogP contribution < -0.4 is 4.74 Å². The molecule has 1 rings (SSSR count). The minimum atomic E-state index is 0.228. The van der Waals surface area contributed by atoms with E-state index in [1.165, 1.54) is 0 Å². The van der Waals surface area contributed by atoms with Crippen molar-refractivity contribution in [2.24, 2.45) is 0 Å². The van der Waals surface area contributed by atoms with Crippen molar-refractivity contribution in [1.82, 2.24) is 0 Å². The van der Waals surface area contributed by atoms with Crippen LogP contribution >= 0.6 is 0 Å². The Morgan fingerprint density at radius 3 is 2.54 bits per heavy atom. The van der Waals surface area contributed by atoms with Crippen molar-refractivity contribution in [2.75, 3.05) is 0 Å². The Morgan fingerprint density at radius 1 is 1.23 bits per heavy atom. The summed E-state index contributed by atoms with van der Waals surface area (Å²) in [5.74, 6) is 0.954. The maximum absolute atomic E-state index is 5.65. The van der Waals surface area contributed by atoms with Gasteiger partial charge in [0.1, 0.15) is 5.75 Å². The van der Waals surface area contributed by atoms with Crippen LogP contribution in [0.5, 0.6) is 5.75 Å². The molecule has 0 unspecified atom stereocenters. The molecule has 1 aromatic rings. The fourth-order valence-corrected chi connectivity index (χ4v) is 1.16. The summed E-state index contributed by atoms with van der Waals surface area (Å²) in [6.45, 7) is 6.07. The van der Waals surface area contributed by atoms with E-state index in [-0.39, 0.29) is 6.10 Å². The van der Waals surface area contributed by atoms with Gasteiger partial charge < -0.3 is 4.74 Å². The summed E-state index contributed by atoms with van der Waals surface area (Å²) in [6, 6.07) is 8.06. The zero-order valence-electron chi connectivity index (χ0n) is 8.45. The van der Waals surface area contributed by atoms with Gasteiger partial charge in [0, 0.05) is 5.56 Å². The highest BCUT2D eigenvalue weighted by molar-refractivity contribution is 5.56. The second-order valence-corrected chi connectivity index (χ2v) is 3.20. The monoisotopic (exact) mass is 176 g/mol. The number of rotatable bonds is 3. The third-order valence-corrected chi connectivity index (χ3v) is 1.63. The third kappa shape index (κ3) is 2.94. The van der Waals surface area contributed by atoms with E-state index in [2.05, 4.69) is 12.1 Å². The summed E-state index contributed by atoms with van der Waals surface area (Å²) in [7, 11) is 0. The van der Waals surface area contributed by atoms with Gasteiger partial charge in [0.05, 0.1) is 6.10 Å². The Bertz CT molecular complexity index is 287. The molecule has 1 aromatic carbocycles. The molecule has 0 fully saturated rings. The molecule has 70 valence electrons. The quantitative estimate of drug-likeness (QED) is 0.684. The first-order valence-corrected chi connectivity index (χ1v) is 4.62. The summed E-state index contributed by atoms with van der Waals surface area (Å²) in [4.78, 5) is 0. The predicted octanol–water partition coefficient (Wildman–Crippen LogP) is 3.51. The highest BCUT2D eigenvalue weighted by Gasteiger charge is 2.00. The van der Waals surface area contributed by atoms with Crippen LogP contribution in [0.1, 0.15) is 26.3 Å². The van der Waals surface area contributed by atoms with E-state index in [4.69, 9.17) is 4.74 Å². The fraction of sp³-hybridized carbons (Fsp3) is 0.333. The summed E-state index contributed by atoms with van der Waals surface area (Å²) < 4.78 is 5.65. The second-order valence-electron chi connectivity index (χ2n) is 3.20. The van der Waals surface area contributed by atoms with Crippen LogP contribution in [-0.4, -0.2) is 6.10 Å². The van der Waals surface area contributed by atoms with Crippen molar-refractivity contribution in [3.05, 3.63) is 35.9 Å². The Morgan fingerprint density at radius 2 is 1.92 bits per heavy atom. The first-order chi connectivity index (χ1) is 6.24. The van der Waals surface area contributed by atoms with E-state index < -0.39 is 0 Å². The number of hydrogen-bond acceptors (Lipinski definition) is 1. The van der Waals surface area contributed by atoms with Gasteiger partial charge in [0.15, 0.2) is 0 Å². The average Bonchev–Trinajstić information content (AvgIpc) is 2.08. The number of allylic oxidation sites excluding steroid dienone is 1. The van der Waals surface area contributed by atoms with Gasteiger partial charge in [-0.15, -0.1) is 0 Å². The molecule has 13 heavy (non-hydrogen) atoms. The van der Waals surface area contributed by atoms with Crippen molar-refractivity contribution in [2.45, 2.75) is 26.9 Å². The van der Waals surface area contributed by atoms with E-state index in [9.17, 15) is 0 Å². The van der Waals surface area contributed by atoms with Crippen molar-refractivity contribution in [3.63, 3.8) is 0 Å². The SMILES string of the molecule is CC=Cc1ccccc1OC(C)C. The normalized spacial score (nSPS) is 11.1. The fourth-order valence-electron chi connectivity index (χ4n) is 1.16. The molecular weight excluding hydrogens is 160 g/mol. The minimum absolute atomic E-state index is 0.228. The van der Waals surface area contributed by atoms with Gasteiger partial charge in [-0.3, -0.25) is 0 Å². The van der Waals surface area contributed by atoms with E-state index in [0.717, 1.165) is 11.3 Å². The Labute approximate surface area is 80.0 Å². The number of para-hydroxylation sites is 1. The molecule has 0 N–H and O–H groups in total. The van der Waals surface area contributed by atoms with Crippen molar-refractivity contribution < 1.29 is 4.74 Å². The summed E-state index contributed by atoms with van der Waals surface area (Å²) in [6.07, 6.45) is 4.30. The lowest BCUT2D eigenvalue weighted by molar-refractivity contribution is 0.242. The minimum Gasteiger partial charge on any atom is -0.490 e. The lowest BCUT2D eigenvalue weighted by Gasteiger charge is -2.11. The molecule has 0 bridgehead atoms. The van der Waals surface area contributed by atoms with Gasteiger partial charge in [-0.05, 0) is 26.8 Å². The van der Waals surface area contributed by atoms with Gasteiger partial charge in [-0.2, -0.15) is 0 Å². The molecule has 0 aliphatic carbocycles. The highest BCUT2D eigenvalue weighted by atomic mass is 16.5. The van der Waals surface area contributed by atoms with Crippen LogP contribution in [0.4, 0.5) is 0 Å². The number of ether oxygens (including phenoxy) is 1. The summed E-state index contributed by atoms with van der Waals surface area (Å²) in [5, 5.41) is 0. The molecule has 0 saturated carbocycles. The zero-order chi connectivity index (χ0) is 9.68. The standard InChI is InChI=1S/C12H16O/c1-4-7-11-8-5-6-9-12(11)13-10(2)3/h4-10H,1-3H3. The topological polar surface area (TPSA) is 9.23 Å². The molecule has 0 aliphatic heterocycles. The molecule has 0 radical (unpaired) electrons. The second kappa shape index (κ2) is 4.70. The van der Waals surface area contributed by atoms with Crippen LogP contribution in [0.25, 0.3) is 6.08 Å². The maximum atomic E-state index is 5.65. The molecule has 1 heteroatoms. The van der Waals surface area contributed by atoms with Gasteiger partial charge in [-0.1, -0.05) is 30.4 Å². The Kier molecular flexibility index (Phi) is 3.56. The van der Waals surface area contributed by atoms with Crippen LogP contribution in [0, 0.1) is 0 Å². The van der Waals surface area contributed by atoms with E-state index in [1.807, 2.05) is 45.0 Å². The van der Waals surface area contributed by atoms with E-state index >= 15 is 0 Å². The summed E-state index contributed by atoms with van der Waals surface area (Å²) in [5.41, 5.74) is 1.14. The molecule has 0 aromatic heterocycles. The lowest BCUT2D eigenvalue weighted by atomic mass is 10.2. The maximum Gasteiger partial charge on any atom is 0.126 e. The first-order valence-electron chi connectivity index (χ1n) is 4.62. The van der Waals surface area contributed by atoms with Crippen LogP contribution in [0.15, 0.2) is 30.3 Å². The molecule has 0 atom stereocenters. The van der Waals surface area contributed by atoms with Crippen molar-refractivity contribution in [1.29, 1.82) is 0 Å². The average molecular weight is 176 g/mol. The molecule has 0 aliphatic rings.